The van der Waals surface area contributed by atoms with Crippen LogP contribution in [0.2, 0.25) is 0 Å². The fraction of sp³-hybridized carbons (Fsp3) is 0.286. The molecule has 2 rings (SSSR count). The van der Waals surface area contributed by atoms with E-state index in [0.29, 0.717) is 6.42 Å². The number of aromatic nitrogens is 1. The molecule has 0 atom stereocenters. The number of hydrogen-bond acceptors (Lipinski definition) is 4. The number of nitriles is 1. The SMILES string of the molecule is COc1ccc(-c2nc(C)c(CC#N)s2)cc1C. The van der Waals surface area contributed by atoms with Crippen molar-refractivity contribution in [2.75, 3.05) is 7.11 Å². The molecule has 1 heterocycles. The summed E-state index contributed by atoms with van der Waals surface area (Å²) in [6.07, 6.45) is 0.429. The van der Waals surface area contributed by atoms with Crippen molar-refractivity contribution >= 4 is 11.3 Å². The van der Waals surface area contributed by atoms with Crippen molar-refractivity contribution in [3.8, 4) is 22.4 Å². The summed E-state index contributed by atoms with van der Waals surface area (Å²) >= 11 is 1.58. The summed E-state index contributed by atoms with van der Waals surface area (Å²) in [7, 11) is 1.67. The molecular formula is C14H14N2OS. The Kier molecular flexibility index (Phi) is 3.63. The third-order valence-electron chi connectivity index (χ3n) is 2.77. The van der Waals surface area contributed by atoms with Gasteiger partial charge in [-0.15, -0.1) is 11.3 Å². The number of aryl methyl sites for hydroxylation is 2. The highest BCUT2D eigenvalue weighted by Crippen LogP contribution is 2.31. The van der Waals surface area contributed by atoms with Crippen LogP contribution in [0.15, 0.2) is 18.2 Å². The van der Waals surface area contributed by atoms with Gasteiger partial charge in [-0.25, -0.2) is 4.98 Å². The molecule has 1 aromatic carbocycles. The second-order valence-corrected chi connectivity index (χ2v) is 5.13. The zero-order chi connectivity index (χ0) is 13.1. The number of hydrogen-bond donors (Lipinski definition) is 0. The summed E-state index contributed by atoms with van der Waals surface area (Å²) < 4.78 is 5.24. The molecule has 0 saturated heterocycles. The second kappa shape index (κ2) is 5.19. The van der Waals surface area contributed by atoms with Gasteiger partial charge in [-0.1, -0.05) is 0 Å². The van der Waals surface area contributed by atoms with Gasteiger partial charge >= 0.3 is 0 Å². The normalized spacial score (nSPS) is 10.1. The lowest BCUT2D eigenvalue weighted by atomic mass is 10.1. The highest BCUT2D eigenvalue weighted by Gasteiger charge is 2.10. The standard InChI is InChI=1S/C14H14N2OS/c1-9-8-11(4-5-12(9)17-3)14-16-10(2)13(18-14)6-7-15/h4-5,8H,6H2,1-3H3. The third-order valence-corrected chi connectivity index (χ3v) is 3.98. The first-order valence-corrected chi connectivity index (χ1v) is 6.45. The molecule has 0 aliphatic rings. The zero-order valence-corrected chi connectivity index (χ0v) is 11.5. The molecule has 92 valence electrons. The van der Waals surface area contributed by atoms with Crippen LogP contribution in [0.25, 0.3) is 10.6 Å². The number of nitrogens with zero attached hydrogens (tertiary/aromatic N) is 2. The maximum atomic E-state index is 8.75. The van der Waals surface area contributed by atoms with E-state index in [2.05, 4.69) is 17.1 Å². The molecule has 0 N–H and O–H groups in total. The smallest absolute Gasteiger partial charge is 0.123 e. The predicted molar refractivity (Wildman–Crippen MR) is 72.9 cm³/mol. The molecule has 4 heteroatoms. The van der Waals surface area contributed by atoms with E-state index in [1.165, 1.54) is 0 Å². The van der Waals surface area contributed by atoms with Crippen molar-refractivity contribution in [2.45, 2.75) is 20.3 Å². The van der Waals surface area contributed by atoms with Gasteiger partial charge in [0.2, 0.25) is 0 Å². The van der Waals surface area contributed by atoms with Crippen LogP contribution in [0.3, 0.4) is 0 Å². The molecule has 2 aromatic rings. The first kappa shape index (κ1) is 12.6. The van der Waals surface area contributed by atoms with Crippen LogP contribution in [0.4, 0.5) is 0 Å². The zero-order valence-electron chi connectivity index (χ0n) is 10.7. The summed E-state index contributed by atoms with van der Waals surface area (Å²) in [6, 6.07) is 8.18. The van der Waals surface area contributed by atoms with Crippen molar-refractivity contribution in [3.05, 3.63) is 34.3 Å². The van der Waals surface area contributed by atoms with E-state index < -0.39 is 0 Å². The van der Waals surface area contributed by atoms with Crippen molar-refractivity contribution in [3.63, 3.8) is 0 Å². The predicted octanol–water partition coefficient (Wildman–Crippen LogP) is 3.50. The highest BCUT2D eigenvalue weighted by molar-refractivity contribution is 7.15. The fourth-order valence-electron chi connectivity index (χ4n) is 1.80. The Labute approximate surface area is 111 Å². The number of rotatable bonds is 3. The van der Waals surface area contributed by atoms with Gasteiger partial charge in [0, 0.05) is 10.4 Å². The molecule has 0 aliphatic heterocycles. The van der Waals surface area contributed by atoms with Crippen LogP contribution in [0.1, 0.15) is 16.1 Å². The molecule has 0 spiro atoms. The van der Waals surface area contributed by atoms with Crippen LogP contribution in [0.5, 0.6) is 5.75 Å². The molecule has 0 radical (unpaired) electrons. The van der Waals surface area contributed by atoms with Gasteiger partial charge in [0.25, 0.3) is 0 Å². The lowest BCUT2D eigenvalue weighted by molar-refractivity contribution is 0.412. The van der Waals surface area contributed by atoms with E-state index in [0.717, 1.165) is 32.5 Å². The minimum absolute atomic E-state index is 0.429. The Morgan fingerprint density at radius 1 is 1.39 bits per heavy atom. The number of thiazole rings is 1. The van der Waals surface area contributed by atoms with Crippen LogP contribution in [0, 0.1) is 25.2 Å². The van der Waals surface area contributed by atoms with E-state index in [9.17, 15) is 0 Å². The lowest BCUT2D eigenvalue weighted by Gasteiger charge is -2.05. The minimum Gasteiger partial charge on any atom is -0.496 e. The Morgan fingerprint density at radius 2 is 2.17 bits per heavy atom. The van der Waals surface area contributed by atoms with Crippen LogP contribution in [-0.2, 0) is 6.42 Å². The van der Waals surface area contributed by atoms with Crippen LogP contribution in [-0.4, -0.2) is 12.1 Å². The van der Waals surface area contributed by atoms with Gasteiger partial charge in [-0.2, -0.15) is 5.26 Å². The fourth-order valence-corrected chi connectivity index (χ4v) is 2.79. The summed E-state index contributed by atoms with van der Waals surface area (Å²) in [5, 5.41) is 9.71. The maximum absolute atomic E-state index is 8.75. The molecule has 1 aromatic heterocycles. The first-order chi connectivity index (χ1) is 8.65. The average Bonchev–Trinajstić information content (AvgIpc) is 2.71. The maximum Gasteiger partial charge on any atom is 0.123 e. The molecule has 0 saturated carbocycles. The second-order valence-electron chi connectivity index (χ2n) is 4.05. The van der Waals surface area contributed by atoms with E-state index in [1.807, 2.05) is 26.0 Å². The first-order valence-electron chi connectivity index (χ1n) is 5.64. The van der Waals surface area contributed by atoms with Gasteiger partial charge in [-0.3, -0.25) is 0 Å². The Bertz CT molecular complexity index is 611. The molecule has 0 bridgehead atoms. The summed E-state index contributed by atoms with van der Waals surface area (Å²) in [5.41, 5.74) is 3.11. The molecule has 3 nitrogen and oxygen atoms in total. The largest absolute Gasteiger partial charge is 0.496 e. The number of benzene rings is 1. The van der Waals surface area contributed by atoms with Crippen molar-refractivity contribution in [1.82, 2.24) is 4.98 Å². The van der Waals surface area contributed by atoms with Crippen molar-refractivity contribution < 1.29 is 4.74 Å². The van der Waals surface area contributed by atoms with E-state index in [4.69, 9.17) is 10.00 Å². The van der Waals surface area contributed by atoms with Crippen molar-refractivity contribution in [1.29, 1.82) is 5.26 Å². The average molecular weight is 258 g/mol. The molecular weight excluding hydrogens is 244 g/mol. The topological polar surface area (TPSA) is 45.9 Å². The molecule has 0 unspecified atom stereocenters. The van der Waals surface area contributed by atoms with Crippen molar-refractivity contribution in [2.24, 2.45) is 0 Å². The van der Waals surface area contributed by atoms with Gasteiger partial charge in [0.05, 0.1) is 25.3 Å². The summed E-state index contributed by atoms with van der Waals surface area (Å²) in [6.45, 7) is 3.96. The highest BCUT2D eigenvalue weighted by atomic mass is 32.1. The van der Waals surface area contributed by atoms with Crippen LogP contribution >= 0.6 is 11.3 Å². The van der Waals surface area contributed by atoms with Gasteiger partial charge in [0.1, 0.15) is 10.8 Å². The quantitative estimate of drug-likeness (QED) is 0.846. The number of methoxy groups -OCH3 is 1. The summed E-state index contributed by atoms with van der Waals surface area (Å²) in [5.74, 6) is 0.879. The molecule has 18 heavy (non-hydrogen) atoms. The van der Waals surface area contributed by atoms with Gasteiger partial charge < -0.3 is 4.74 Å². The lowest BCUT2D eigenvalue weighted by Crippen LogP contribution is -1.87. The molecule has 0 amide bonds. The Balaban J connectivity index is 2.40. The monoisotopic (exact) mass is 258 g/mol. The van der Waals surface area contributed by atoms with E-state index in [-0.39, 0.29) is 0 Å². The minimum atomic E-state index is 0.429. The third kappa shape index (κ3) is 2.36. The molecule has 0 fully saturated rings. The number of ether oxygens (including phenoxy) is 1. The Morgan fingerprint density at radius 3 is 2.78 bits per heavy atom. The Hall–Kier alpha value is -1.86. The van der Waals surface area contributed by atoms with E-state index in [1.54, 1.807) is 18.4 Å². The molecule has 0 aliphatic carbocycles. The van der Waals surface area contributed by atoms with Crippen LogP contribution < -0.4 is 4.74 Å². The summed E-state index contributed by atoms with van der Waals surface area (Å²) in [4.78, 5) is 5.57. The van der Waals surface area contributed by atoms with Gasteiger partial charge in [0.15, 0.2) is 0 Å². The van der Waals surface area contributed by atoms with E-state index >= 15 is 0 Å². The van der Waals surface area contributed by atoms with Gasteiger partial charge in [-0.05, 0) is 37.6 Å².